The van der Waals surface area contributed by atoms with E-state index in [1.165, 1.54) is 0 Å². The summed E-state index contributed by atoms with van der Waals surface area (Å²) in [6.45, 7) is 3.09. The van der Waals surface area contributed by atoms with Crippen molar-refractivity contribution in [3.63, 3.8) is 0 Å². The molecule has 1 saturated carbocycles. The first kappa shape index (κ1) is 22.5. The van der Waals surface area contributed by atoms with Crippen molar-refractivity contribution < 1.29 is 36.6 Å². The van der Waals surface area contributed by atoms with E-state index in [0.29, 0.717) is 17.7 Å². The van der Waals surface area contributed by atoms with E-state index in [9.17, 15) is 26.7 Å². The van der Waals surface area contributed by atoms with Crippen LogP contribution in [0.4, 0.5) is 22.0 Å². The Bertz CT molecular complexity index is 947. The summed E-state index contributed by atoms with van der Waals surface area (Å²) in [5.41, 5.74) is 2.14. The molecule has 0 amide bonds. The third-order valence-corrected chi connectivity index (χ3v) is 6.33. The van der Waals surface area contributed by atoms with Crippen LogP contribution >= 0.6 is 11.5 Å². The van der Waals surface area contributed by atoms with Crippen LogP contribution in [0.5, 0.6) is 5.75 Å². The molecule has 1 heterocycles. The molecular weight excluding hydrogens is 429 g/mol. The van der Waals surface area contributed by atoms with Crippen molar-refractivity contribution in [1.29, 1.82) is 0 Å². The Morgan fingerprint density at radius 2 is 1.93 bits per heavy atom. The lowest BCUT2D eigenvalue weighted by atomic mass is 9.78. The number of aliphatic carboxylic acids is 1. The van der Waals surface area contributed by atoms with Gasteiger partial charge in [-0.3, -0.25) is 4.79 Å². The van der Waals surface area contributed by atoms with E-state index in [1.54, 1.807) is 26.0 Å². The lowest BCUT2D eigenvalue weighted by Gasteiger charge is -2.34. The highest BCUT2D eigenvalue weighted by Gasteiger charge is 2.49. The predicted octanol–water partition coefficient (Wildman–Crippen LogP) is 5.89. The standard InChI is InChI=1S/C20H20F5NO3S/c1-10-11(2)15(5-3-12(10)4-6-16(27)28)29-9-14-17(13-7-19(21,22)8-13)26-30-18(14)20(23,24)25/h3,5,13H,4,6-9H2,1-2H3,(H,27,28). The zero-order valence-corrected chi connectivity index (χ0v) is 17.1. The van der Waals surface area contributed by atoms with E-state index in [1.807, 2.05) is 0 Å². The van der Waals surface area contributed by atoms with E-state index in [-0.39, 0.29) is 29.2 Å². The molecule has 30 heavy (non-hydrogen) atoms. The Hall–Kier alpha value is -2.23. The van der Waals surface area contributed by atoms with Gasteiger partial charge in [0.2, 0.25) is 5.92 Å². The highest BCUT2D eigenvalue weighted by Crippen LogP contribution is 2.51. The number of benzene rings is 1. The van der Waals surface area contributed by atoms with Crippen molar-refractivity contribution in [1.82, 2.24) is 4.37 Å². The molecule has 0 saturated heterocycles. The van der Waals surface area contributed by atoms with Gasteiger partial charge >= 0.3 is 12.1 Å². The number of hydrogen-bond donors (Lipinski definition) is 1. The fourth-order valence-corrected chi connectivity index (χ4v) is 4.36. The maximum absolute atomic E-state index is 13.4. The van der Waals surface area contributed by atoms with Crippen LogP contribution in [0, 0.1) is 13.8 Å². The summed E-state index contributed by atoms with van der Waals surface area (Å²) in [6, 6.07) is 3.27. The number of aryl methyl sites for hydroxylation is 1. The molecule has 4 nitrogen and oxygen atoms in total. The van der Waals surface area contributed by atoms with Gasteiger partial charge in [0.25, 0.3) is 0 Å². The van der Waals surface area contributed by atoms with Crippen LogP contribution in [0.2, 0.25) is 0 Å². The van der Waals surface area contributed by atoms with Crippen molar-refractivity contribution >= 4 is 17.5 Å². The first-order valence-corrected chi connectivity index (χ1v) is 10.0. The monoisotopic (exact) mass is 449 g/mol. The lowest BCUT2D eigenvalue weighted by Crippen LogP contribution is -2.34. The molecule has 0 radical (unpaired) electrons. The SMILES string of the molecule is Cc1c(CCC(=O)O)ccc(OCc2c(C3CC(F)(F)C3)nsc2C(F)(F)F)c1C. The van der Waals surface area contributed by atoms with E-state index in [4.69, 9.17) is 9.84 Å². The summed E-state index contributed by atoms with van der Waals surface area (Å²) in [4.78, 5) is 9.84. The zero-order chi connectivity index (χ0) is 22.3. The molecule has 0 unspecified atom stereocenters. The number of rotatable bonds is 7. The fraction of sp³-hybridized carbons (Fsp3) is 0.500. The van der Waals surface area contributed by atoms with E-state index in [2.05, 4.69) is 4.37 Å². The van der Waals surface area contributed by atoms with Crippen LogP contribution < -0.4 is 4.74 Å². The average molecular weight is 449 g/mol. The fourth-order valence-electron chi connectivity index (χ4n) is 3.53. The molecule has 10 heteroatoms. The number of alkyl halides is 5. The molecule has 1 aromatic heterocycles. The molecule has 0 aliphatic heterocycles. The highest BCUT2D eigenvalue weighted by atomic mass is 32.1. The third-order valence-electron chi connectivity index (χ3n) is 5.38. The maximum Gasteiger partial charge on any atom is 0.427 e. The maximum atomic E-state index is 13.4. The Morgan fingerprint density at radius 3 is 2.50 bits per heavy atom. The van der Waals surface area contributed by atoms with Gasteiger partial charge in [-0.2, -0.15) is 17.5 Å². The molecule has 1 aromatic carbocycles. The Balaban J connectivity index is 1.82. The van der Waals surface area contributed by atoms with Crippen LogP contribution in [0.3, 0.4) is 0 Å². The van der Waals surface area contributed by atoms with Crippen molar-refractivity contribution in [3.05, 3.63) is 45.0 Å². The third kappa shape index (κ3) is 4.74. The number of carboxylic acid groups (broad SMARTS) is 1. The van der Waals surface area contributed by atoms with Gasteiger partial charge in [-0.25, -0.2) is 8.78 Å². The quantitative estimate of drug-likeness (QED) is 0.536. The van der Waals surface area contributed by atoms with Crippen LogP contribution in [0.15, 0.2) is 12.1 Å². The van der Waals surface area contributed by atoms with Crippen LogP contribution in [-0.2, 0) is 24.0 Å². The van der Waals surface area contributed by atoms with Crippen LogP contribution in [0.25, 0.3) is 0 Å². The molecule has 1 aliphatic carbocycles. The number of carboxylic acids is 1. The molecule has 1 aliphatic rings. The largest absolute Gasteiger partial charge is 0.489 e. The van der Waals surface area contributed by atoms with Crippen LogP contribution in [0.1, 0.15) is 58.0 Å². The predicted molar refractivity (Wildman–Crippen MR) is 100 cm³/mol. The molecular formula is C20H20F5NO3S. The number of nitrogens with zero attached hydrogens (tertiary/aromatic N) is 1. The Morgan fingerprint density at radius 1 is 1.27 bits per heavy atom. The summed E-state index contributed by atoms with van der Waals surface area (Å²) in [5, 5.41) is 8.83. The zero-order valence-electron chi connectivity index (χ0n) is 16.3. The van der Waals surface area contributed by atoms with E-state index < -0.39 is 48.3 Å². The molecule has 1 N–H and O–H groups in total. The van der Waals surface area contributed by atoms with E-state index in [0.717, 1.165) is 11.1 Å². The Kier molecular flexibility index (Phi) is 6.08. The smallest absolute Gasteiger partial charge is 0.427 e. The number of hydrogen-bond acceptors (Lipinski definition) is 4. The first-order chi connectivity index (χ1) is 13.9. The van der Waals surface area contributed by atoms with Crippen molar-refractivity contribution in [3.8, 4) is 5.75 Å². The minimum atomic E-state index is -4.65. The summed E-state index contributed by atoms with van der Waals surface area (Å²) >= 11 is 0.260. The summed E-state index contributed by atoms with van der Waals surface area (Å²) in [5.74, 6) is -4.15. The van der Waals surface area contributed by atoms with Crippen molar-refractivity contribution in [2.24, 2.45) is 0 Å². The van der Waals surface area contributed by atoms with Gasteiger partial charge in [0.1, 0.15) is 17.2 Å². The van der Waals surface area contributed by atoms with Crippen molar-refractivity contribution in [2.45, 2.75) is 64.2 Å². The highest BCUT2D eigenvalue weighted by molar-refractivity contribution is 7.06. The lowest BCUT2D eigenvalue weighted by molar-refractivity contribution is -0.137. The molecule has 0 bridgehead atoms. The number of halogens is 5. The first-order valence-electron chi connectivity index (χ1n) is 9.26. The van der Waals surface area contributed by atoms with Crippen molar-refractivity contribution in [2.75, 3.05) is 0 Å². The summed E-state index contributed by atoms with van der Waals surface area (Å²) in [7, 11) is 0. The number of aromatic nitrogens is 1. The van der Waals surface area contributed by atoms with Gasteiger partial charge in [0.15, 0.2) is 0 Å². The Labute approximate surface area is 173 Å². The minimum Gasteiger partial charge on any atom is -0.489 e. The van der Waals surface area contributed by atoms with Gasteiger partial charge in [0, 0.05) is 30.7 Å². The second-order valence-corrected chi connectivity index (χ2v) is 8.26. The van der Waals surface area contributed by atoms with E-state index >= 15 is 0 Å². The van der Waals surface area contributed by atoms with Gasteiger partial charge < -0.3 is 9.84 Å². The summed E-state index contributed by atoms with van der Waals surface area (Å²) < 4.78 is 76.1. The molecule has 2 aromatic rings. The van der Waals surface area contributed by atoms with Gasteiger partial charge in [-0.15, -0.1) is 0 Å². The second kappa shape index (κ2) is 8.13. The normalized spacial score (nSPS) is 16.4. The molecule has 0 atom stereocenters. The number of carbonyl (C=O) groups is 1. The molecule has 164 valence electrons. The molecule has 1 fully saturated rings. The van der Waals surface area contributed by atoms with Gasteiger partial charge in [-0.1, -0.05) is 6.07 Å². The molecule has 3 rings (SSSR count). The topological polar surface area (TPSA) is 59.4 Å². The second-order valence-electron chi connectivity index (χ2n) is 7.49. The van der Waals surface area contributed by atoms with Gasteiger partial charge in [0.05, 0.1) is 5.69 Å². The minimum absolute atomic E-state index is 0.0331. The summed E-state index contributed by atoms with van der Waals surface area (Å²) in [6.07, 6.45) is -5.39. The average Bonchev–Trinajstić information content (AvgIpc) is 3.03. The van der Waals surface area contributed by atoms with Gasteiger partial charge in [-0.05, 0) is 54.6 Å². The van der Waals surface area contributed by atoms with Crippen LogP contribution in [-0.4, -0.2) is 21.4 Å². The molecule has 0 spiro atoms. The number of ether oxygens (including phenoxy) is 1.